The Morgan fingerprint density at radius 2 is 2.00 bits per heavy atom. The van der Waals surface area contributed by atoms with Gasteiger partial charge in [0.05, 0.1) is 11.7 Å². The minimum absolute atomic E-state index is 0.270. The molecule has 0 saturated carbocycles. The van der Waals surface area contributed by atoms with Crippen molar-refractivity contribution in [3.05, 3.63) is 60.1 Å². The van der Waals surface area contributed by atoms with Crippen molar-refractivity contribution in [3.63, 3.8) is 0 Å². The molecular formula is C19H20N4O2S. The molecule has 1 aromatic carbocycles. The summed E-state index contributed by atoms with van der Waals surface area (Å²) in [7, 11) is -1.78. The van der Waals surface area contributed by atoms with Crippen molar-refractivity contribution >= 4 is 26.5 Å². The Bertz CT molecular complexity index is 1120. The van der Waals surface area contributed by atoms with Crippen molar-refractivity contribution in [1.29, 1.82) is 0 Å². The van der Waals surface area contributed by atoms with Crippen LogP contribution in [0.25, 0.3) is 16.5 Å². The topological polar surface area (TPSA) is 68.1 Å². The molecule has 0 spiro atoms. The summed E-state index contributed by atoms with van der Waals surface area (Å²) in [6, 6.07) is 9.11. The number of para-hydroxylation sites is 1. The number of nitrogens with zero attached hydrogens (tertiary/aromatic N) is 4. The van der Waals surface area contributed by atoms with Gasteiger partial charge in [0.25, 0.3) is 0 Å². The van der Waals surface area contributed by atoms with Crippen LogP contribution in [0.1, 0.15) is 17.7 Å². The quantitative estimate of drug-likeness (QED) is 0.713. The first-order valence-electron chi connectivity index (χ1n) is 8.50. The number of pyridine rings is 1. The molecule has 134 valence electrons. The molecule has 1 aliphatic rings. The molecule has 4 rings (SSSR count). The highest BCUT2D eigenvalue weighted by Crippen LogP contribution is 2.29. The molecule has 2 aromatic heterocycles. The van der Waals surface area contributed by atoms with Crippen LogP contribution in [0, 0.1) is 6.92 Å². The SMILES string of the molecule is Cc1ccc2cccc(S(=O)(=O)N3CCC=C(c4cnn(C)c4)C3)c2n1. The molecule has 7 heteroatoms. The van der Waals surface area contributed by atoms with Gasteiger partial charge in [-0.15, -0.1) is 0 Å². The molecule has 0 N–H and O–H groups in total. The van der Waals surface area contributed by atoms with E-state index in [9.17, 15) is 8.42 Å². The summed E-state index contributed by atoms with van der Waals surface area (Å²) in [6.07, 6.45) is 6.45. The van der Waals surface area contributed by atoms with E-state index in [1.165, 1.54) is 4.31 Å². The Morgan fingerprint density at radius 1 is 1.15 bits per heavy atom. The van der Waals surface area contributed by atoms with Gasteiger partial charge >= 0.3 is 0 Å². The number of rotatable bonds is 3. The molecule has 0 fully saturated rings. The normalized spacial score (nSPS) is 16.0. The third-order valence-electron chi connectivity index (χ3n) is 4.63. The second-order valence-corrected chi connectivity index (χ2v) is 8.45. The number of benzene rings is 1. The molecule has 3 heterocycles. The number of fused-ring (bicyclic) bond motifs is 1. The van der Waals surface area contributed by atoms with Crippen LogP contribution in [0.15, 0.2) is 53.7 Å². The highest BCUT2D eigenvalue weighted by molar-refractivity contribution is 7.89. The van der Waals surface area contributed by atoms with Crippen LogP contribution in [0.4, 0.5) is 0 Å². The summed E-state index contributed by atoms with van der Waals surface area (Å²) >= 11 is 0. The summed E-state index contributed by atoms with van der Waals surface area (Å²) < 4.78 is 29.9. The van der Waals surface area contributed by atoms with Gasteiger partial charge in [-0.05, 0) is 31.1 Å². The highest BCUT2D eigenvalue weighted by Gasteiger charge is 2.29. The number of hydrogen-bond acceptors (Lipinski definition) is 4. The average molecular weight is 368 g/mol. The predicted molar refractivity (Wildman–Crippen MR) is 101 cm³/mol. The van der Waals surface area contributed by atoms with E-state index in [1.807, 2.05) is 38.4 Å². The smallest absolute Gasteiger partial charge is 0.245 e. The van der Waals surface area contributed by atoms with Gasteiger partial charge in [0.1, 0.15) is 4.90 Å². The van der Waals surface area contributed by atoms with Gasteiger partial charge in [0, 0.05) is 43.0 Å². The number of aryl methyl sites for hydroxylation is 2. The lowest BCUT2D eigenvalue weighted by Gasteiger charge is -2.26. The molecule has 26 heavy (non-hydrogen) atoms. The van der Waals surface area contributed by atoms with Crippen LogP contribution in [0.2, 0.25) is 0 Å². The molecule has 6 nitrogen and oxygen atoms in total. The van der Waals surface area contributed by atoms with Crippen molar-refractivity contribution in [2.75, 3.05) is 13.1 Å². The Balaban J connectivity index is 1.74. The standard InChI is InChI=1S/C19H20N4O2S/c1-14-8-9-15-5-3-7-18(19(15)21-14)26(24,25)23-10-4-6-16(13-23)17-11-20-22(2)12-17/h3,5-9,11-12H,4,10,13H2,1-2H3. The third-order valence-corrected chi connectivity index (χ3v) is 6.51. The lowest BCUT2D eigenvalue weighted by molar-refractivity contribution is 0.443. The van der Waals surface area contributed by atoms with Gasteiger partial charge in [-0.25, -0.2) is 8.42 Å². The maximum atomic E-state index is 13.3. The van der Waals surface area contributed by atoms with Crippen molar-refractivity contribution in [2.45, 2.75) is 18.2 Å². The molecular weight excluding hydrogens is 348 g/mol. The van der Waals surface area contributed by atoms with Crippen molar-refractivity contribution < 1.29 is 8.42 Å². The molecule has 0 amide bonds. The minimum atomic E-state index is -3.64. The van der Waals surface area contributed by atoms with Gasteiger partial charge in [-0.1, -0.05) is 24.3 Å². The first kappa shape index (κ1) is 16.9. The van der Waals surface area contributed by atoms with Gasteiger partial charge in [0.15, 0.2) is 0 Å². The van der Waals surface area contributed by atoms with Crippen LogP contribution in [0.3, 0.4) is 0 Å². The van der Waals surface area contributed by atoms with E-state index >= 15 is 0 Å². The third kappa shape index (κ3) is 2.93. The molecule has 0 saturated heterocycles. The van der Waals surface area contributed by atoms with E-state index in [0.29, 0.717) is 25.0 Å². The lowest BCUT2D eigenvalue weighted by atomic mass is 10.1. The first-order chi connectivity index (χ1) is 12.4. The Kier molecular flexibility index (Phi) is 4.13. The molecule has 0 bridgehead atoms. The fraction of sp³-hybridized carbons (Fsp3) is 0.263. The second kappa shape index (κ2) is 6.34. The van der Waals surface area contributed by atoms with E-state index < -0.39 is 10.0 Å². The Morgan fingerprint density at radius 3 is 2.77 bits per heavy atom. The predicted octanol–water partition coefficient (Wildman–Crippen LogP) is 2.75. The zero-order valence-corrected chi connectivity index (χ0v) is 15.6. The van der Waals surface area contributed by atoms with E-state index in [0.717, 1.165) is 22.2 Å². The van der Waals surface area contributed by atoms with Crippen LogP contribution in [-0.2, 0) is 17.1 Å². The largest absolute Gasteiger partial charge is 0.275 e. The summed E-state index contributed by atoms with van der Waals surface area (Å²) in [5.74, 6) is 0. The maximum Gasteiger partial charge on any atom is 0.245 e. The fourth-order valence-electron chi connectivity index (χ4n) is 3.28. The number of sulfonamides is 1. The van der Waals surface area contributed by atoms with Crippen LogP contribution in [0.5, 0.6) is 0 Å². The van der Waals surface area contributed by atoms with Crippen molar-refractivity contribution in [2.24, 2.45) is 7.05 Å². The van der Waals surface area contributed by atoms with E-state index in [1.54, 1.807) is 23.0 Å². The van der Waals surface area contributed by atoms with Crippen LogP contribution in [-0.4, -0.2) is 40.6 Å². The monoisotopic (exact) mass is 368 g/mol. The highest BCUT2D eigenvalue weighted by atomic mass is 32.2. The van der Waals surface area contributed by atoms with Gasteiger partial charge in [-0.2, -0.15) is 9.40 Å². The fourth-order valence-corrected chi connectivity index (χ4v) is 4.87. The summed E-state index contributed by atoms with van der Waals surface area (Å²) in [5.41, 5.74) is 3.27. The second-order valence-electron chi connectivity index (χ2n) is 6.54. The lowest BCUT2D eigenvalue weighted by Crippen LogP contribution is -2.35. The summed E-state index contributed by atoms with van der Waals surface area (Å²) in [5, 5.41) is 5.02. The van der Waals surface area contributed by atoms with Gasteiger partial charge in [-0.3, -0.25) is 9.67 Å². The van der Waals surface area contributed by atoms with Crippen molar-refractivity contribution in [1.82, 2.24) is 19.1 Å². The maximum absolute atomic E-state index is 13.3. The Labute approximate surface area is 152 Å². The minimum Gasteiger partial charge on any atom is -0.275 e. The van der Waals surface area contributed by atoms with Crippen LogP contribution < -0.4 is 0 Å². The first-order valence-corrected chi connectivity index (χ1v) is 9.94. The van der Waals surface area contributed by atoms with Crippen molar-refractivity contribution in [3.8, 4) is 0 Å². The number of hydrogen-bond donors (Lipinski definition) is 0. The van der Waals surface area contributed by atoms with E-state index in [-0.39, 0.29) is 4.90 Å². The molecule has 0 aliphatic carbocycles. The zero-order chi connectivity index (χ0) is 18.3. The molecule has 1 aliphatic heterocycles. The molecule has 0 unspecified atom stereocenters. The van der Waals surface area contributed by atoms with E-state index in [4.69, 9.17) is 0 Å². The van der Waals surface area contributed by atoms with E-state index in [2.05, 4.69) is 16.2 Å². The average Bonchev–Trinajstić information content (AvgIpc) is 3.07. The van der Waals surface area contributed by atoms with Gasteiger partial charge < -0.3 is 0 Å². The van der Waals surface area contributed by atoms with Crippen LogP contribution >= 0.6 is 0 Å². The number of aromatic nitrogens is 3. The molecule has 0 atom stereocenters. The van der Waals surface area contributed by atoms with Gasteiger partial charge in [0.2, 0.25) is 10.0 Å². The summed E-state index contributed by atoms with van der Waals surface area (Å²) in [6.45, 7) is 2.68. The zero-order valence-electron chi connectivity index (χ0n) is 14.8. The molecule has 3 aromatic rings. The molecule has 0 radical (unpaired) electrons. The summed E-state index contributed by atoms with van der Waals surface area (Å²) in [4.78, 5) is 4.75. The Hall–Kier alpha value is -2.51.